The Bertz CT molecular complexity index is 563. The van der Waals surface area contributed by atoms with Gasteiger partial charge in [-0.05, 0) is 31.7 Å². The fourth-order valence-corrected chi connectivity index (χ4v) is 4.59. The summed E-state index contributed by atoms with van der Waals surface area (Å²) in [6.45, 7) is 0.187. The van der Waals surface area contributed by atoms with Crippen LogP contribution in [-0.2, 0) is 14.2 Å². The summed E-state index contributed by atoms with van der Waals surface area (Å²) in [6, 6.07) is -2.58. The van der Waals surface area contributed by atoms with Gasteiger partial charge < -0.3 is 63.3 Å². The Morgan fingerprint density at radius 1 is 0.767 bits per heavy atom. The molecule has 13 unspecified atom stereocenters. The topological polar surface area (TPSA) is 239 Å². The predicted octanol–water partition coefficient (Wildman–Crippen LogP) is -4.99. The molecular weight excluding hydrogens is 398 g/mol. The molecule has 3 fully saturated rings. The van der Waals surface area contributed by atoms with Crippen LogP contribution in [0.4, 0.5) is 0 Å². The summed E-state index contributed by atoms with van der Waals surface area (Å²) in [7, 11) is 0. The number of hydrogen-bond donors (Lipinski definition) is 9. The maximum Gasteiger partial charge on any atom is 0.185 e. The fourth-order valence-electron chi connectivity index (χ4n) is 4.59. The van der Waals surface area contributed by atoms with Crippen molar-refractivity contribution in [2.24, 2.45) is 34.6 Å². The van der Waals surface area contributed by atoms with E-state index in [-0.39, 0.29) is 12.5 Å². The van der Waals surface area contributed by atoms with Crippen LogP contribution in [0.3, 0.4) is 0 Å². The summed E-state index contributed by atoms with van der Waals surface area (Å²) >= 11 is 0. The van der Waals surface area contributed by atoms with Crippen LogP contribution in [0.25, 0.3) is 0 Å². The molecule has 14 N–H and O–H groups in total. The van der Waals surface area contributed by atoms with E-state index in [4.69, 9.17) is 42.9 Å². The molecular formula is C18H37N5O7. The highest BCUT2D eigenvalue weighted by Gasteiger charge is 2.48. The third-order valence-corrected chi connectivity index (χ3v) is 6.61. The highest BCUT2D eigenvalue weighted by molar-refractivity contribution is 5.01. The van der Waals surface area contributed by atoms with Gasteiger partial charge in [-0.15, -0.1) is 0 Å². The summed E-state index contributed by atoms with van der Waals surface area (Å²) in [5, 5.41) is 41.0. The number of ether oxygens (including phenoxy) is 3. The molecule has 2 saturated carbocycles. The van der Waals surface area contributed by atoms with E-state index in [0.29, 0.717) is 25.8 Å². The van der Waals surface area contributed by atoms with Crippen LogP contribution in [0.15, 0.2) is 0 Å². The van der Waals surface area contributed by atoms with Gasteiger partial charge in [0.1, 0.15) is 24.4 Å². The van der Waals surface area contributed by atoms with Crippen molar-refractivity contribution < 1.29 is 34.6 Å². The number of aliphatic hydroxyl groups is 4. The molecule has 1 saturated heterocycles. The lowest BCUT2D eigenvalue weighted by atomic mass is 9.80. The highest BCUT2D eigenvalue weighted by Crippen LogP contribution is 2.31. The van der Waals surface area contributed by atoms with Crippen molar-refractivity contribution in [1.82, 2.24) is 0 Å². The molecule has 0 aromatic rings. The molecule has 30 heavy (non-hydrogen) atoms. The van der Waals surface area contributed by atoms with Crippen LogP contribution in [0.5, 0.6) is 0 Å². The Hall–Kier alpha value is -0.480. The van der Waals surface area contributed by atoms with Gasteiger partial charge in [-0.1, -0.05) is 0 Å². The lowest BCUT2D eigenvalue weighted by Gasteiger charge is -2.47. The van der Waals surface area contributed by atoms with E-state index in [0.717, 1.165) is 0 Å². The molecule has 0 radical (unpaired) electrons. The molecule has 0 bridgehead atoms. The van der Waals surface area contributed by atoms with E-state index in [2.05, 4.69) is 0 Å². The second-order valence-electron chi connectivity index (χ2n) is 8.83. The third-order valence-electron chi connectivity index (χ3n) is 6.61. The van der Waals surface area contributed by atoms with Gasteiger partial charge in [0, 0.05) is 18.1 Å². The second kappa shape index (κ2) is 9.98. The third kappa shape index (κ3) is 4.95. The molecule has 1 heterocycles. The molecule has 0 aromatic carbocycles. The lowest BCUT2D eigenvalue weighted by molar-refractivity contribution is -0.283. The Morgan fingerprint density at radius 2 is 1.40 bits per heavy atom. The van der Waals surface area contributed by atoms with E-state index in [1.54, 1.807) is 0 Å². The van der Waals surface area contributed by atoms with E-state index >= 15 is 0 Å². The summed E-state index contributed by atoms with van der Waals surface area (Å²) in [5.41, 5.74) is 30.0. The van der Waals surface area contributed by atoms with E-state index in [1.165, 1.54) is 0 Å². The van der Waals surface area contributed by atoms with Gasteiger partial charge in [-0.3, -0.25) is 0 Å². The normalized spacial score (nSPS) is 52.9. The Kier molecular flexibility index (Phi) is 8.04. The molecule has 13 atom stereocenters. The monoisotopic (exact) mass is 435 g/mol. The molecule has 3 aliphatic rings. The van der Waals surface area contributed by atoms with Gasteiger partial charge in [0.15, 0.2) is 6.29 Å². The molecule has 12 nitrogen and oxygen atoms in total. The van der Waals surface area contributed by atoms with Crippen LogP contribution in [0.1, 0.15) is 19.3 Å². The number of rotatable bonds is 5. The Morgan fingerprint density at radius 3 is 2.03 bits per heavy atom. The first-order chi connectivity index (χ1) is 14.1. The molecule has 1 aliphatic heterocycles. The molecule has 2 aliphatic carbocycles. The first-order valence-electron chi connectivity index (χ1n) is 10.5. The standard InChI is InChI=1S/C18H37N5O7/c19-4-6-1-12(7(20)3-10(6)24)29-16-8(21)2-9(22)17(15(16)27)30-18-14(26)13(23)11(25)5-28-18/h6-18,24-27H,1-5,19-23H2. The van der Waals surface area contributed by atoms with Gasteiger partial charge in [-0.2, -0.15) is 0 Å². The summed E-state index contributed by atoms with van der Waals surface area (Å²) in [5.74, 6) is -0.153. The highest BCUT2D eigenvalue weighted by atomic mass is 16.7. The SMILES string of the molecule is NCC1CC(OC2C(N)CC(N)C(OC3OCC(O)C(N)C3O)C2O)C(N)CC1O. The minimum absolute atomic E-state index is 0.111. The largest absolute Gasteiger partial charge is 0.393 e. The molecule has 3 rings (SSSR count). The van der Waals surface area contributed by atoms with Crippen LogP contribution in [0, 0.1) is 5.92 Å². The van der Waals surface area contributed by atoms with Gasteiger partial charge >= 0.3 is 0 Å². The molecule has 0 amide bonds. The summed E-state index contributed by atoms with van der Waals surface area (Å²) in [4.78, 5) is 0. The zero-order valence-corrected chi connectivity index (χ0v) is 16.9. The maximum atomic E-state index is 11.0. The quantitative estimate of drug-likeness (QED) is 0.197. The Labute approximate surface area is 175 Å². The predicted molar refractivity (Wildman–Crippen MR) is 106 cm³/mol. The summed E-state index contributed by atoms with van der Waals surface area (Å²) < 4.78 is 17.2. The van der Waals surface area contributed by atoms with Crippen molar-refractivity contribution in [1.29, 1.82) is 0 Å². The van der Waals surface area contributed by atoms with E-state index < -0.39 is 73.2 Å². The van der Waals surface area contributed by atoms with E-state index in [9.17, 15) is 20.4 Å². The van der Waals surface area contributed by atoms with Gasteiger partial charge in [0.05, 0.1) is 31.0 Å². The van der Waals surface area contributed by atoms with Crippen molar-refractivity contribution in [3.05, 3.63) is 0 Å². The molecule has 12 heteroatoms. The zero-order chi connectivity index (χ0) is 22.2. The second-order valence-corrected chi connectivity index (χ2v) is 8.83. The molecule has 0 spiro atoms. The minimum atomic E-state index is -1.29. The summed E-state index contributed by atoms with van der Waals surface area (Å²) in [6.07, 6.45) is -6.38. The van der Waals surface area contributed by atoms with Crippen molar-refractivity contribution in [2.45, 2.75) is 92.4 Å². The van der Waals surface area contributed by atoms with Crippen molar-refractivity contribution >= 4 is 0 Å². The van der Waals surface area contributed by atoms with Crippen LogP contribution >= 0.6 is 0 Å². The fraction of sp³-hybridized carbons (Fsp3) is 1.00. The van der Waals surface area contributed by atoms with Gasteiger partial charge in [0.25, 0.3) is 0 Å². The van der Waals surface area contributed by atoms with Crippen molar-refractivity contribution in [3.8, 4) is 0 Å². The number of aliphatic hydroxyl groups excluding tert-OH is 4. The first kappa shape index (κ1) is 24.2. The van der Waals surface area contributed by atoms with Gasteiger partial charge in [0.2, 0.25) is 0 Å². The number of nitrogens with two attached hydrogens (primary N) is 5. The number of hydrogen-bond acceptors (Lipinski definition) is 12. The van der Waals surface area contributed by atoms with Crippen LogP contribution in [0.2, 0.25) is 0 Å². The molecule has 0 aromatic heterocycles. The average Bonchev–Trinajstić information content (AvgIpc) is 2.69. The molecule has 176 valence electrons. The van der Waals surface area contributed by atoms with Crippen molar-refractivity contribution in [2.75, 3.05) is 13.2 Å². The zero-order valence-electron chi connectivity index (χ0n) is 16.9. The smallest absolute Gasteiger partial charge is 0.185 e. The maximum absolute atomic E-state index is 11.0. The minimum Gasteiger partial charge on any atom is -0.393 e. The van der Waals surface area contributed by atoms with Crippen molar-refractivity contribution in [3.63, 3.8) is 0 Å². The van der Waals surface area contributed by atoms with E-state index in [1.807, 2.05) is 0 Å². The van der Waals surface area contributed by atoms with Crippen LogP contribution < -0.4 is 28.7 Å². The van der Waals surface area contributed by atoms with Crippen LogP contribution in [-0.4, -0.2) is 107 Å². The Balaban J connectivity index is 1.67. The lowest BCUT2D eigenvalue weighted by Crippen LogP contribution is -2.66. The van der Waals surface area contributed by atoms with Gasteiger partial charge in [-0.25, -0.2) is 0 Å². The average molecular weight is 436 g/mol. The first-order valence-corrected chi connectivity index (χ1v) is 10.5.